The van der Waals surface area contributed by atoms with Crippen molar-refractivity contribution in [2.24, 2.45) is 0 Å². The second-order valence-corrected chi connectivity index (χ2v) is 12.2. The molecule has 0 aliphatic heterocycles. The van der Waals surface area contributed by atoms with Crippen LogP contribution < -0.4 is 0 Å². The number of ketones is 1. The van der Waals surface area contributed by atoms with E-state index >= 15 is 0 Å². The van der Waals surface area contributed by atoms with Gasteiger partial charge in [0, 0.05) is 5.56 Å². The third-order valence-corrected chi connectivity index (χ3v) is 9.29. The Hall–Kier alpha value is -0.933. The standard InChI is InChI=1S/C17H26O2Si/c1-13(18)14-7-9-15(10-8-14)17(11-12-17)19-20(5,6)16(2,3)4/h7-10H,11-12H2,1-6H3. The average Bonchev–Trinajstić information content (AvgIpc) is 3.08. The van der Waals surface area contributed by atoms with Crippen LogP contribution in [-0.2, 0) is 10.0 Å². The third-order valence-electron chi connectivity index (χ3n) is 4.78. The number of benzene rings is 1. The Morgan fingerprint density at radius 2 is 1.65 bits per heavy atom. The van der Waals surface area contributed by atoms with Crippen molar-refractivity contribution >= 4 is 14.1 Å². The van der Waals surface area contributed by atoms with Crippen molar-refractivity contribution < 1.29 is 9.22 Å². The van der Waals surface area contributed by atoms with E-state index in [1.54, 1.807) is 6.92 Å². The normalized spacial score (nSPS) is 17.9. The smallest absolute Gasteiger partial charge is 0.193 e. The van der Waals surface area contributed by atoms with E-state index in [0.717, 1.165) is 18.4 Å². The predicted octanol–water partition coefficient (Wildman–Crippen LogP) is 4.90. The molecule has 20 heavy (non-hydrogen) atoms. The molecule has 0 heterocycles. The summed E-state index contributed by atoms with van der Waals surface area (Å²) in [5.41, 5.74) is 1.92. The highest BCUT2D eigenvalue weighted by atomic mass is 28.4. The Balaban J connectivity index is 2.22. The zero-order valence-electron chi connectivity index (χ0n) is 13.5. The molecular formula is C17H26O2Si. The molecule has 0 spiro atoms. The molecule has 1 aliphatic rings. The van der Waals surface area contributed by atoms with Crippen molar-refractivity contribution in [1.82, 2.24) is 0 Å². The molecule has 110 valence electrons. The molecule has 1 aliphatic carbocycles. The van der Waals surface area contributed by atoms with E-state index in [2.05, 4.69) is 46.0 Å². The van der Waals surface area contributed by atoms with Gasteiger partial charge in [0.2, 0.25) is 0 Å². The van der Waals surface area contributed by atoms with Gasteiger partial charge in [-0.25, -0.2) is 0 Å². The maximum Gasteiger partial charge on any atom is 0.193 e. The highest BCUT2D eigenvalue weighted by molar-refractivity contribution is 6.74. The van der Waals surface area contributed by atoms with Gasteiger partial charge in [0.05, 0.1) is 5.60 Å². The lowest BCUT2D eigenvalue weighted by atomic mass is 10.0. The zero-order chi connectivity index (χ0) is 15.2. The number of rotatable bonds is 4. The molecular weight excluding hydrogens is 264 g/mol. The van der Waals surface area contributed by atoms with E-state index in [9.17, 15) is 4.79 Å². The minimum atomic E-state index is -1.76. The molecule has 1 aromatic carbocycles. The summed E-state index contributed by atoms with van der Waals surface area (Å²) in [6.07, 6.45) is 2.19. The monoisotopic (exact) mass is 290 g/mol. The van der Waals surface area contributed by atoms with Gasteiger partial charge >= 0.3 is 0 Å². The maximum atomic E-state index is 11.4. The summed E-state index contributed by atoms with van der Waals surface area (Å²) >= 11 is 0. The van der Waals surface area contributed by atoms with Crippen molar-refractivity contribution in [2.75, 3.05) is 0 Å². The third kappa shape index (κ3) is 2.89. The van der Waals surface area contributed by atoms with E-state index in [-0.39, 0.29) is 16.4 Å². The van der Waals surface area contributed by atoms with Crippen LogP contribution in [0.25, 0.3) is 0 Å². The summed E-state index contributed by atoms with van der Waals surface area (Å²) in [4.78, 5) is 11.4. The van der Waals surface area contributed by atoms with Gasteiger partial charge in [-0.3, -0.25) is 4.79 Å². The average molecular weight is 290 g/mol. The Morgan fingerprint density at radius 1 is 1.15 bits per heavy atom. The fraction of sp³-hybridized carbons (Fsp3) is 0.588. The summed E-state index contributed by atoms with van der Waals surface area (Å²) in [6, 6.07) is 7.98. The van der Waals surface area contributed by atoms with Crippen molar-refractivity contribution in [3.8, 4) is 0 Å². The van der Waals surface area contributed by atoms with Gasteiger partial charge in [0.15, 0.2) is 14.1 Å². The molecule has 0 atom stereocenters. The lowest BCUT2D eigenvalue weighted by molar-refractivity contribution is 0.101. The number of carbonyl (C=O) groups excluding carboxylic acids is 1. The number of hydrogen-bond acceptors (Lipinski definition) is 2. The summed E-state index contributed by atoms with van der Waals surface area (Å²) in [5, 5.41) is 0.224. The topological polar surface area (TPSA) is 26.3 Å². The van der Waals surface area contributed by atoms with E-state index < -0.39 is 8.32 Å². The molecule has 0 radical (unpaired) electrons. The zero-order valence-corrected chi connectivity index (χ0v) is 14.5. The van der Waals surface area contributed by atoms with Crippen molar-refractivity contribution in [3.63, 3.8) is 0 Å². The van der Waals surface area contributed by atoms with Gasteiger partial charge in [0.1, 0.15) is 0 Å². The molecule has 0 unspecified atom stereocenters. The Bertz CT molecular complexity index is 505. The van der Waals surface area contributed by atoms with Gasteiger partial charge < -0.3 is 4.43 Å². The second-order valence-electron chi connectivity index (χ2n) is 7.49. The first-order chi connectivity index (χ1) is 9.07. The van der Waals surface area contributed by atoms with Crippen LogP contribution in [0.5, 0.6) is 0 Å². The minimum absolute atomic E-state index is 0.0850. The highest BCUT2D eigenvalue weighted by Crippen LogP contribution is 2.54. The van der Waals surface area contributed by atoms with E-state index in [1.165, 1.54) is 5.56 Å². The minimum Gasteiger partial charge on any atom is -0.407 e. The lowest BCUT2D eigenvalue weighted by Crippen LogP contribution is -2.44. The van der Waals surface area contributed by atoms with Gasteiger partial charge in [-0.05, 0) is 43.5 Å². The van der Waals surface area contributed by atoms with Crippen molar-refractivity contribution in [3.05, 3.63) is 35.4 Å². The van der Waals surface area contributed by atoms with Crippen LogP contribution in [0.3, 0.4) is 0 Å². The highest BCUT2D eigenvalue weighted by Gasteiger charge is 2.52. The summed E-state index contributed by atoms with van der Waals surface area (Å²) in [7, 11) is -1.76. The van der Waals surface area contributed by atoms with Crippen LogP contribution in [-0.4, -0.2) is 14.1 Å². The van der Waals surface area contributed by atoms with Crippen LogP contribution in [0.2, 0.25) is 18.1 Å². The molecule has 3 heteroatoms. The molecule has 2 rings (SSSR count). The predicted molar refractivity (Wildman–Crippen MR) is 85.6 cm³/mol. The van der Waals surface area contributed by atoms with Crippen molar-refractivity contribution in [1.29, 1.82) is 0 Å². The van der Waals surface area contributed by atoms with Crippen LogP contribution in [0.15, 0.2) is 24.3 Å². The number of Topliss-reactive ketones (excluding diaryl/α,β-unsaturated/α-hetero) is 1. The van der Waals surface area contributed by atoms with Gasteiger partial charge in [-0.1, -0.05) is 45.0 Å². The molecule has 0 saturated heterocycles. The molecule has 1 aromatic rings. The molecule has 0 N–H and O–H groups in total. The van der Waals surface area contributed by atoms with E-state index in [4.69, 9.17) is 4.43 Å². The molecule has 2 nitrogen and oxygen atoms in total. The Kier molecular flexibility index (Phi) is 3.72. The van der Waals surface area contributed by atoms with Crippen molar-refractivity contribution in [2.45, 2.75) is 64.3 Å². The number of hydrogen-bond donors (Lipinski definition) is 0. The fourth-order valence-electron chi connectivity index (χ4n) is 2.21. The van der Waals surface area contributed by atoms with Gasteiger partial charge in [-0.2, -0.15) is 0 Å². The van der Waals surface area contributed by atoms with Gasteiger partial charge in [-0.15, -0.1) is 0 Å². The Labute approximate surface area is 123 Å². The quantitative estimate of drug-likeness (QED) is 0.582. The Morgan fingerprint density at radius 3 is 2.00 bits per heavy atom. The molecule has 0 aromatic heterocycles. The molecule has 1 saturated carbocycles. The first kappa shape index (κ1) is 15.5. The fourth-order valence-corrected chi connectivity index (χ4v) is 3.82. The summed E-state index contributed by atoms with van der Waals surface area (Å²) in [6.45, 7) is 13.0. The first-order valence-electron chi connectivity index (χ1n) is 7.39. The molecule has 0 bridgehead atoms. The first-order valence-corrected chi connectivity index (χ1v) is 10.3. The van der Waals surface area contributed by atoms with Crippen LogP contribution in [0.1, 0.15) is 56.5 Å². The summed E-state index contributed by atoms with van der Waals surface area (Å²) in [5.74, 6) is 0.117. The SMILES string of the molecule is CC(=O)c1ccc(C2(O[Si](C)(C)C(C)(C)C)CC2)cc1. The van der Waals surface area contributed by atoms with E-state index in [0.29, 0.717) is 0 Å². The molecule has 1 fully saturated rings. The van der Waals surface area contributed by atoms with Crippen LogP contribution in [0, 0.1) is 0 Å². The van der Waals surface area contributed by atoms with Crippen LogP contribution in [0.4, 0.5) is 0 Å². The molecule has 0 amide bonds. The van der Waals surface area contributed by atoms with Crippen LogP contribution >= 0.6 is 0 Å². The van der Waals surface area contributed by atoms with E-state index in [1.807, 2.05) is 12.1 Å². The number of carbonyl (C=O) groups is 1. The second kappa shape index (κ2) is 4.81. The van der Waals surface area contributed by atoms with Gasteiger partial charge in [0.25, 0.3) is 0 Å². The largest absolute Gasteiger partial charge is 0.407 e. The summed E-state index contributed by atoms with van der Waals surface area (Å²) < 4.78 is 6.64. The maximum absolute atomic E-state index is 11.4. The lowest BCUT2D eigenvalue weighted by Gasteiger charge is -2.39.